The summed E-state index contributed by atoms with van der Waals surface area (Å²) >= 11 is 3.73. The first-order chi connectivity index (χ1) is 27.8. The Morgan fingerprint density at radius 3 is 1.89 bits per heavy atom. The normalized spacial score (nSPS) is 16.0. The van der Waals surface area contributed by atoms with Gasteiger partial charge in [0.25, 0.3) is 0 Å². The zero-order valence-corrected chi connectivity index (χ0v) is 31.9. The molecule has 0 bridgehead atoms. The third-order valence-electron chi connectivity index (χ3n) is 11.6. The third-order valence-corrected chi connectivity index (χ3v) is 14.0. The SMILES string of the molecule is C1=CC2C=Cc3c(oc4cccc(-c5ccc(N(c6ccc(-c7cccc8sc9ccccc9c78)cc6)c6cccc7c6sc6ccccc67)cc5)c34)C2C=C1. The predicted octanol–water partition coefficient (Wildman–Crippen LogP) is 15.8. The highest BCUT2D eigenvalue weighted by Crippen LogP contribution is 2.48. The molecule has 0 saturated heterocycles. The molecule has 12 rings (SSSR count). The maximum absolute atomic E-state index is 6.60. The molecule has 56 heavy (non-hydrogen) atoms. The fourth-order valence-electron chi connectivity index (χ4n) is 9.05. The molecule has 10 aromatic rings. The number of rotatable bonds is 5. The van der Waals surface area contributed by atoms with Gasteiger partial charge in [0.15, 0.2) is 0 Å². The van der Waals surface area contributed by atoms with Crippen LogP contribution in [0.1, 0.15) is 17.2 Å². The minimum atomic E-state index is 0.233. The molecule has 264 valence electrons. The molecule has 0 N–H and O–H groups in total. The predicted molar refractivity (Wildman–Crippen MR) is 241 cm³/mol. The molecule has 2 nitrogen and oxygen atoms in total. The average molecular weight is 752 g/mol. The van der Waals surface area contributed by atoms with E-state index in [-0.39, 0.29) is 5.92 Å². The maximum atomic E-state index is 6.60. The lowest BCUT2D eigenvalue weighted by Gasteiger charge is -2.26. The molecular weight excluding hydrogens is 719 g/mol. The largest absolute Gasteiger partial charge is 0.460 e. The lowest BCUT2D eigenvalue weighted by atomic mass is 9.80. The summed E-state index contributed by atoms with van der Waals surface area (Å²) < 4.78 is 11.8. The number of benzene rings is 7. The monoisotopic (exact) mass is 751 g/mol. The van der Waals surface area contributed by atoms with Crippen molar-refractivity contribution in [3.05, 3.63) is 193 Å². The number of nitrogens with zero attached hydrogens (tertiary/aromatic N) is 1. The number of fused-ring (bicyclic) bond motifs is 11. The van der Waals surface area contributed by atoms with E-state index >= 15 is 0 Å². The molecular formula is C52H33NOS2. The van der Waals surface area contributed by atoms with Crippen LogP contribution in [0.4, 0.5) is 17.1 Å². The molecule has 0 spiro atoms. The Balaban J connectivity index is 0.994. The summed E-state index contributed by atoms with van der Waals surface area (Å²) in [4.78, 5) is 2.43. The highest BCUT2D eigenvalue weighted by atomic mass is 32.1. The fraction of sp³-hybridized carbons (Fsp3) is 0.0385. The first kappa shape index (κ1) is 31.8. The summed E-state index contributed by atoms with van der Waals surface area (Å²) in [6.45, 7) is 0. The number of allylic oxidation sites excluding steroid dienone is 5. The zero-order chi connectivity index (χ0) is 36.7. The number of furan rings is 1. The van der Waals surface area contributed by atoms with Crippen LogP contribution in [0.2, 0.25) is 0 Å². The lowest BCUT2D eigenvalue weighted by molar-refractivity contribution is 0.492. The number of hydrogen-bond donors (Lipinski definition) is 0. The molecule has 0 aliphatic heterocycles. The van der Waals surface area contributed by atoms with Gasteiger partial charge < -0.3 is 9.32 Å². The Labute approximate surface area is 332 Å². The molecule has 2 atom stereocenters. The summed E-state index contributed by atoms with van der Waals surface area (Å²) in [5, 5.41) is 6.42. The van der Waals surface area contributed by atoms with Crippen LogP contribution in [0.25, 0.3) is 79.6 Å². The standard InChI is InChI=1S/C52H33NOS2/c1-2-11-39-32(10-1)26-31-43-49-37(14-8-18-45(49)54-51(39)43)33-22-27-35(28-23-33)53(44-17-7-16-41-40-12-3-5-19-46(40)56-52(41)44)36-29-24-34(25-30-36)38-15-9-21-48-50(38)42-13-4-6-20-47(42)55-48/h1-32,39H. The summed E-state index contributed by atoms with van der Waals surface area (Å²) in [6.07, 6.45) is 13.4. The van der Waals surface area contributed by atoms with Gasteiger partial charge in [-0.25, -0.2) is 0 Å². The van der Waals surface area contributed by atoms with Crippen molar-refractivity contribution in [1.29, 1.82) is 0 Å². The molecule has 0 fully saturated rings. The molecule has 2 aliphatic rings. The molecule has 7 aromatic carbocycles. The summed E-state index contributed by atoms with van der Waals surface area (Å²) in [7, 11) is 0. The number of hydrogen-bond acceptors (Lipinski definition) is 4. The molecule has 0 radical (unpaired) electrons. The minimum absolute atomic E-state index is 0.233. The molecule has 2 unspecified atom stereocenters. The van der Waals surface area contributed by atoms with Gasteiger partial charge in [0.05, 0.1) is 10.4 Å². The van der Waals surface area contributed by atoms with E-state index < -0.39 is 0 Å². The minimum Gasteiger partial charge on any atom is -0.460 e. The van der Waals surface area contributed by atoms with Gasteiger partial charge in [-0.05, 0) is 76.9 Å². The third kappa shape index (κ3) is 4.86. The van der Waals surface area contributed by atoms with Crippen LogP contribution in [-0.4, -0.2) is 0 Å². The molecule has 0 saturated carbocycles. The van der Waals surface area contributed by atoms with Crippen LogP contribution in [0, 0.1) is 5.92 Å². The van der Waals surface area contributed by atoms with Gasteiger partial charge in [0, 0.05) is 69.8 Å². The van der Waals surface area contributed by atoms with Gasteiger partial charge >= 0.3 is 0 Å². The second-order valence-electron chi connectivity index (χ2n) is 14.7. The van der Waals surface area contributed by atoms with Crippen molar-refractivity contribution >= 4 is 97.1 Å². The Morgan fingerprint density at radius 2 is 1.11 bits per heavy atom. The molecule has 3 heterocycles. The summed E-state index contributed by atoms with van der Waals surface area (Å²) in [5.41, 5.74) is 10.4. The highest BCUT2D eigenvalue weighted by molar-refractivity contribution is 7.26. The van der Waals surface area contributed by atoms with E-state index in [1.807, 2.05) is 22.7 Å². The van der Waals surface area contributed by atoms with Crippen molar-refractivity contribution in [2.75, 3.05) is 4.90 Å². The van der Waals surface area contributed by atoms with Crippen LogP contribution in [0.5, 0.6) is 0 Å². The van der Waals surface area contributed by atoms with Crippen LogP contribution in [-0.2, 0) is 0 Å². The van der Waals surface area contributed by atoms with Gasteiger partial charge in [0.2, 0.25) is 0 Å². The van der Waals surface area contributed by atoms with E-state index in [1.54, 1.807) is 0 Å². The number of anilines is 3. The average Bonchev–Trinajstić information content (AvgIpc) is 3.96. The quantitative estimate of drug-likeness (QED) is 0.174. The van der Waals surface area contributed by atoms with Crippen LogP contribution in [0.15, 0.2) is 186 Å². The topological polar surface area (TPSA) is 16.4 Å². The van der Waals surface area contributed by atoms with E-state index in [2.05, 4.69) is 193 Å². The Morgan fingerprint density at radius 1 is 0.482 bits per heavy atom. The van der Waals surface area contributed by atoms with Crippen molar-refractivity contribution < 1.29 is 4.42 Å². The molecule has 0 amide bonds. The molecule has 2 aliphatic carbocycles. The highest BCUT2D eigenvalue weighted by Gasteiger charge is 2.30. The van der Waals surface area contributed by atoms with Crippen molar-refractivity contribution in [3.63, 3.8) is 0 Å². The second-order valence-corrected chi connectivity index (χ2v) is 16.9. The van der Waals surface area contributed by atoms with Gasteiger partial charge in [-0.2, -0.15) is 0 Å². The Hall–Kier alpha value is -6.46. The van der Waals surface area contributed by atoms with Gasteiger partial charge in [-0.1, -0.05) is 134 Å². The van der Waals surface area contributed by atoms with Gasteiger partial charge in [-0.15, -0.1) is 22.7 Å². The Kier molecular flexibility index (Phi) is 7.13. The van der Waals surface area contributed by atoms with E-state index in [0.717, 1.165) is 22.7 Å². The fourth-order valence-corrected chi connectivity index (χ4v) is 11.4. The summed E-state index contributed by atoms with van der Waals surface area (Å²) in [6, 6.07) is 55.7. The van der Waals surface area contributed by atoms with Gasteiger partial charge in [0.1, 0.15) is 11.3 Å². The summed E-state index contributed by atoms with van der Waals surface area (Å²) in [5.74, 6) is 1.63. The maximum Gasteiger partial charge on any atom is 0.135 e. The van der Waals surface area contributed by atoms with Crippen molar-refractivity contribution in [2.24, 2.45) is 5.92 Å². The van der Waals surface area contributed by atoms with E-state index in [0.29, 0.717) is 5.92 Å². The van der Waals surface area contributed by atoms with Crippen LogP contribution in [0.3, 0.4) is 0 Å². The first-order valence-corrected chi connectivity index (χ1v) is 20.8. The van der Waals surface area contributed by atoms with E-state index in [1.165, 1.54) is 79.2 Å². The van der Waals surface area contributed by atoms with Gasteiger partial charge in [-0.3, -0.25) is 0 Å². The smallest absolute Gasteiger partial charge is 0.135 e. The van der Waals surface area contributed by atoms with Crippen molar-refractivity contribution in [2.45, 2.75) is 5.92 Å². The van der Waals surface area contributed by atoms with E-state index in [9.17, 15) is 0 Å². The Bertz CT molecular complexity index is 3260. The van der Waals surface area contributed by atoms with Crippen molar-refractivity contribution in [1.82, 2.24) is 0 Å². The second kappa shape index (κ2) is 12.5. The first-order valence-electron chi connectivity index (χ1n) is 19.2. The van der Waals surface area contributed by atoms with E-state index in [4.69, 9.17) is 4.42 Å². The van der Waals surface area contributed by atoms with Crippen LogP contribution >= 0.6 is 22.7 Å². The number of thiophene rings is 2. The zero-order valence-electron chi connectivity index (χ0n) is 30.2. The molecule has 4 heteroatoms. The molecule has 3 aromatic heterocycles. The van der Waals surface area contributed by atoms with Crippen LogP contribution < -0.4 is 4.90 Å². The lowest BCUT2D eigenvalue weighted by Crippen LogP contribution is -2.11. The van der Waals surface area contributed by atoms with Crippen molar-refractivity contribution in [3.8, 4) is 22.3 Å².